The van der Waals surface area contributed by atoms with Gasteiger partial charge in [-0.25, -0.2) is 14.2 Å². The highest BCUT2D eigenvalue weighted by Crippen LogP contribution is 2.33. The number of nitrogens with zero attached hydrogens (tertiary/aromatic N) is 5. The second kappa shape index (κ2) is 7.07. The van der Waals surface area contributed by atoms with E-state index in [1.54, 1.807) is 18.6 Å². The van der Waals surface area contributed by atoms with Gasteiger partial charge in [-0.1, -0.05) is 0 Å². The maximum Gasteiger partial charge on any atom is 0.167 e. The Kier molecular flexibility index (Phi) is 4.51. The Hall–Kier alpha value is -2.52. The molecular formula is C20H24N6O2S. The Bertz CT molecular complexity index is 1180. The van der Waals surface area contributed by atoms with Crippen molar-refractivity contribution in [1.82, 2.24) is 19.9 Å². The summed E-state index contributed by atoms with van der Waals surface area (Å²) in [5, 5.41) is 1.17. The van der Waals surface area contributed by atoms with Crippen molar-refractivity contribution in [2.45, 2.75) is 31.1 Å². The monoisotopic (exact) mass is 412 g/mol. The largest absolute Gasteiger partial charge is 0.377 e. The van der Waals surface area contributed by atoms with Gasteiger partial charge < -0.3 is 14.6 Å². The minimum atomic E-state index is -2.31. The molecule has 152 valence electrons. The molecule has 1 saturated carbocycles. The number of morpholine rings is 1. The second-order valence-corrected chi connectivity index (χ2v) is 10.4. The van der Waals surface area contributed by atoms with Gasteiger partial charge in [-0.15, -0.1) is 0 Å². The number of fused-ring (bicyclic) bond motifs is 1. The van der Waals surface area contributed by atoms with Gasteiger partial charge in [0.15, 0.2) is 11.6 Å². The summed E-state index contributed by atoms with van der Waals surface area (Å²) in [6, 6.07) is 4.03. The normalized spacial score (nSPS) is 21.9. The van der Waals surface area contributed by atoms with E-state index in [9.17, 15) is 4.21 Å². The minimum Gasteiger partial charge on any atom is -0.377 e. The lowest BCUT2D eigenvalue weighted by Crippen LogP contribution is -2.44. The van der Waals surface area contributed by atoms with Crippen molar-refractivity contribution in [2.75, 3.05) is 30.9 Å². The van der Waals surface area contributed by atoms with Crippen molar-refractivity contribution >= 4 is 32.3 Å². The Labute approximate surface area is 169 Å². The molecule has 9 heteroatoms. The third kappa shape index (κ3) is 3.60. The van der Waals surface area contributed by atoms with Crippen LogP contribution in [0, 0.1) is 0 Å². The Balaban J connectivity index is 1.68. The molecule has 5 rings (SSSR count). The number of aromatic amines is 1. The van der Waals surface area contributed by atoms with E-state index < -0.39 is 9.73 Å². The van der Waals surface area contributed by atoms with E-state index >= 15 is 0 Å². The molecule has 1 unspecified atom stereocenters. The molecule has 3 aromatic heterocycles. The molecule has 0 radical (unpaired) electrons. The van der Waals surface area contributed by atoms with Crippen molar-refractivity contribution in [3.05, 3.63) is 30.7 Å². The molecule has 2 atom stereocenters. The Morgan fingerprint density at radius 3 is 2.97 bits per heavy atom. The molecule has 1 N–H and O–H groups in total. The van der Waals surface area contributed by atoms with Gasteiger partial charge in [-0.3, -0.25) is 4.98 Å². The molecule has 29 heavy (non-hydrogen) atoms. The second-order valence-electron chi connectivity index (χ2n) is 7.80. The number of rotatable bonds is 4. The highest BCUT2D eigenvalue weighted by molar-refractivity contribution is 7.93. The molecule has 1 aliphatic heterocycles. The average molecular weight is 413 g/mol. The van der Waals surface area contributed by atoms with Crippen LogP contribution in [0.5, 0.6) is 0 Å². The number of ether oxygens (including phenoxy) is 1. The van der Waals surface area contributed by atoms with E-state index in [0.717, 1.165) is 41.7 Å². The standard InChI is InChI=1S/C20H24N6O2S/c1-13-12-28-8-7-26(13)19-9-18(25-29(2,27)14-3-4-14)23-20(24-19)16-10-21-11-17-15(16)5-6-22-17/h5-6,9-11,13-14,22H,3-4,7-8,12H2,1-2H3/t13-,29?/m1/s1. The van der Waals surface area contributed by atoms with Gasteiger partial charge in [0, 0.05) is 47.5 Å². The molecule has 0 amide bonds. The van der Waals surface area contributed by atoms with Crippen molar-refractivity contribution in [1.29, 1.82) is 0 Å². The SMILES string of the molecule is C[C@@H]1COCCN1c1cc(N=S(C)(=O)C2CC2)nc(-c2cncc3[nH]ccc23)n1. The number of hydrogen-bond acceptors (Lipinski definition) is 7. The van der Waals surface area contributed by atoms with Gasteiger partial charge in [0.05, 0.1) is 40.7 Å². The molecule has 3 aromatic rings. The summed E-state index contributed by atoms with van der Waals surface area (Å²) in [7, 11) is -2.31. The molecule has 8 nitrogen and oxygen atoms in total. The van der Waals surface area contributed by atoms with Crippen LogP contribution in [0.15, 0.2) is 35.1 Å². The van der Waals surface area contributed by atoms with Crippen LogP contribution in [0.4, 0.5) is 11.6 Å². The van der Waals surface area contributed by atoms with Gasteiger partial charge in [-0.05, 0) is 25.8 Å². The van der Waals surface area contributed by atoms with E-state index in [4.69, 9.17) is 9.72 Å². The summed E-state index contributed by atoms with van der Waals surface area (Å²) >= 11 is 0. The topological polar surface area (TPSA) is 96.4 Å². The highest BCUT2D eigenvalue weighted by Gasteiger charge is 2.31. The fourth-order valence-corrected chi connectivity index (χ4v) is 5.35. The van der Waals surface area contributed by atoms with Crippen LogP contribution >= 0.6 is 0 Å². The van der Waals surface area contributed by atoms with Gasteiger partial charge in [-0.2, -0.15) is 4.36 Å². The van der Waals surface area contributed by atoms with Crippen LogP contribution < -0.4 is 4.90 Å². The first kappa shape index (κ1) is 18.5. The minimum absolute atomic E-state index is 0.168. The molecule has 1 saturated heterocycles. The quantitative estimate of drug-likeness (QED) is 0.707. The zero-order valence-electron chi connectivity index (χ0n) is 16.5. The lowest BCUT2D eigenvalue weighted by Gasteiger charge is -2.34. The molecule has 0 spiro atoms. The first-order valence-electron chi connectivity index (χ1n) is 9.87. The fourth-order valence-electron chi connectivity index (χ4n) is 3.73. The lowest BCUT2D eigenvalue weighted by atomic mass is 10.1. The summed E-state index contributed by atoms with van der Waals surface area (Å²) in [4.78, 5) is 19.2. The number of aromatic nitrogens is 4. The van der Waals surface area contributed by atoms with Gasteiger partial charge in [0.1, 0.15) is 5.82 Å². The highest BCUT2D eigenvalue weighted by atomic mass is 32.2. The van der Waals surface area contributed by atoms with Crippen molar-refractivity contribution in [3.63, 3.8) is 0 Å². The van der Waals surface area contributed by atoms with E-state index in [1.807, 2.05) is 18.3 Å². The van der Waals surface area contributed by atoms with Gasteiger partial charge in [0.25, 0.3) is 0 Å². The van der Waals surface area contributed by atoms with E-state index in [0.29, 0.717) is 24.9 Å². The van der Waals surface area contributed by atoms with Gasteiger partial charge >= 0.3 is 0 Å². The van der Waals surface area contributed by atoms with E-state index in [2.05, 4.69) is 31.1 Å². The van der Waals surface area contributed by atoms with E-state index in [1.165, 1.54) is 0 Å². The van der Waals surface area contributed by atoms with Crippen LogP contribution in [0.3, 0.4) is 0 Å². The van der Waals surface area contributed by atoms with E-state index in [-0.39, 0.29) is 11.3 Å². The molecular weight excluding hydrogens is 388 g/mol. The van der Waals surface area contributed by atoms with Crippen molar-refractivity contribution < 1.29 is 8.95 Å². The molecule has 4 heterocycles. The van der Waals surface area contributed by atoms with Crippen LogP contribution in [0.2, 0.25) is 0 Å². The first-order chi connectivity index (χ1) is 14.0. The predicted molar refractivity (Wildman–Crippen MR) is 114 cm³/mol. The first-order valence-corrected chi connectivity index (χ1v) is 11.9. The number of hydrogen-bond donors (Lipinski definition) is 1. The average Bonchev–Trinajstić information content (AvgIpc) is 3.46. The summed E-state index contributed by atoms with van der Waals surface area (Å²) in [6.07, 6.45) is 9.10. The third-order valence-electron chi connectivity index (χ3n) is 5.50. The maximum atomic E-state index is 13.0. The number of nitrogens with one attached hydrogen (secondary N) is 1. The maximum absolute atomic E-state index is 13.0. The number of H-pyrrole nitrogens is 1. The molecule has 1 aliphatic carbocycles. The summed E-state index contributed by atoms with van der Waals surface area (Å²) in [6.45, 7) is 4.15. The number of pyridine rings is 1. The zero-order chi connectivity index (χ0) is 20.0. The lowest BCUT2D eigenvalue weighted by molar-refractivity contribution is 0.0985. The fraction of sp³-hybridized carbons (Fsp3) is 0.450. The smallest absolute Gasteiger partial charge is 0.167 e. The summed E-state index contributed by atoms with van der Waals surface area (Å²) < 4.78 is 23.2. The molecule has 2 fully saturated rings. The molecule has 2 aliphatic rings. The van der Waals surface area contributed by atoms with Crippen molar-refractivity contribution in [2.24, 2.45) is 4.36 Å². The Morgan fingerprint density at radius 2 is 2.17 bits per heavy atom. The Morgan fingerprint density at radius 1 is 1.31 bits per heavy atom. The molecule has 0 bridgehead atoms. The number of anilines is 1. The van der Waals surface area contributed by atoms with Crippen LogP contribution in [-0.2, 0) is 14.5 Å². The van der Waals surface area contributed by atoms with Crippen molar-refractivity contribution in [3.8, 4) is 11.4 Å². The van der Waals surface area contributed by atoms with Crippen LogP contribution in [-0.4, -0.2) is 61.5 Å². The summed E-state index contributed by atoms with van der Waals surface area (Å²) in [5.74, 6) is 1.79. The van der Waals surface area contributed by atoms with Gasteiger partial charge in [0.2, 0.25) is 0 Å². The zero-order valence-corrected chi connectivity index (χ0v) is 17.4. The van der Waals surface area contributed by atoms with Crippen LogP contribution in [0.25, 0.3) is 22.3 Å². The predicted octanol–water partition coefficient (Wildman–Crippen LogP) is 3.14. The van der Waals surface area contributed by atoms with Crippen LogP contribution in [0.1, 0.15) is 19.8 Å². The molecule has 0 aromatic carbocycles. The third-order valence-corrected chi connectivity index (χ3v) is 7.75. The summed E-state index contributed by atoms with van der Waals surface area (Å²) in [5.41, 5.74) is 1.75.